The maximum absolute atomic E-state index is 8.40. The fraction of sp³-hybridized carbons (Fsp3) is 1.00. The Bertz CT molecular complexity index is 59.1. The van der Waals surface area contributed by atoms with Gasteiger partial charge in [-0.1, -0.05) is 13.8 Å². The van der Waals surface area contributed by atoms with Gasteiger partial charge in [-0.05, 0) is 13.1 Å². The average molecular weight is 139 g/mol. The highest BCUT2D eigenvalue weighted by Crippen LogP contribution is 1.47. The van der Waals surface area contributed by atoms with Gasteiger partial charge >= 0.3 is 0 Å². The molecule has 0 aliphatic carbocycles. The summed E-state index contributed by atoms with van der Waals surface area (Å²) in [5.41, 5.74) is 0. The summed E-state index contributed by atoms with van der Waals surface area (Å²) >= 11 is -1.42. The lowest BCUT2D eigenvalue weighted by Gasteiger charge is -1.86. The van der Waals surface area contributed by atoms with Crippen LogP contribution in [0.4, 0.5) is 0 Å². The van der Waals surface area contributed by atoms with Crippen molar-refractivity contribution < 1.29 is 8.42 Å². The first-order valence-corrected chi connectivity index (χ1v) is 3.35. The summed E-state index contributed by atoms with van der Waals surface area (Å²) in [5, 5.41) is 3.11. The summed E-state index contributed by atoms with van der Waals surface area (Å²) in [6.07, 6.45) is 0. The van der Waals surface area contributed by atoms with E-state index in [1.807, 2.05) is 0 Å². The molecule has 0 radical (unpaired) electrons. The van der Waals surface area contributed by atoms with Crippen molar-refractivity contribution in [3.05, 3.63) is 0 Å². The van der Waals surface area contributed by atoms with E-state index in [4.69, 9.17) is 8.42 Å². The van der Waals surface area contributed by atoms with Crippen LogP contribution in [0.5, 0.6) is 0 Å². The van der Waals surface area contributed by atoms with Crippen LogP contribution in [-0.2, 0) is 11.6 Å². The number of hydrogen-bond acceptors (Lipinski definition) is 3. The topological polar surface area (TPSA) is 46.2 Å². The lowest BCUT2D eigenvalue weighted by molar-refractivity contribution is 0.630. The van der Waals surface area contributed by atoms with E-state index in [1.54, 1.807) is 0 Å². The first-order valence-electron chi connectivity index (χ1n) is 2.53. The number of hydrogen-bond donors (Lipinski definition) is 1. The van der Waals surface area contributed by atoms with E-state index in [1.165, 1.54) is 0 Å². The van der Waals surface area contributed by atoms with Gasteiger partial charge in [-0.2, -0.15) is 0 Å². The molecule has 0 bridgehead atoms. The predicted molar refractivity (Wildman–Crippen MR) is 35.9 cm³/mol. The summed E-state index contributed by atoms with van der Waals surface area (Å²) in [7, 11) is 0. The highest BCUT2D eigenvalue weighted by atomic mass is 32.1. The van der Waals surface area contributed by atoms with Gasteiger partial charge in [0.2, 0.25) is 0 Å². The van der Waals surface area contributed by atoms with E-state index in [-0.39, 0.29) is 0 Å². The van der Waals surface area contributed by atoms with Crippen LogP contribution in [-0.4, -0.2) is 21.5 Å². The predicted octanol–water partition coefficient (Wildman–Crippen LogP) is -0.590. The highest BCUT2D eigenvalue weighted by Gasteiger charge is 1.62. The smallest absolute Gasteiger partial charge is 0.129 e. The molecule has 0 fully saturated rings. The minimum atomic E-state index is -1.42. The molecule has 0 aliphatic heterocycles. The van der Waals surface area contributed by atoms with E-state index in [2.05, 4.69) is 19.2 Å². The van der Waals surface area contributed by atoms with Gasteiger partial charge in [0.15, 0.2) is 0 Å². The highest BCUT2D eigenvalue weighted by molar-refractivity contribution is 7.51. The molecule has 8 heavy (non-hydrogen) atoms. The van der Waals surface area contributed by atoms with Crippen molar-refractivity contribution in [3.63, 3.8) is 0 Å². The van der Waals surface area contributed by atoms with Gasteiger partial charge < -0.3 is 5.32 Å². The van der Waals surface area contributed by atoms with Crippen molar-refractivity contribution in [3.8, 4) is 0 Å². The SMILES string of the molecule is CCNCC.O=[SH2]=O. The van der Waals surface area contributed by atoms with Crippen LogP contribution in [0.1, 0.15) is 13.8 Å². The summed E-state index contributed by atoms with van der Waals surface area (Å²) in [6, 6.07) is 0. The van der Waals surface area contributed by atoms with Crippen LogP contribution < -0.4 is 5.32 Å². The summed E-state index contributed by atoms with van der Waals surface area (Å²) in [4.78, 5) is 0. The molecule has 0 atom stereocenters. The Balaban J connectivity index is 0. The van der Waals surface area contributed by atoms with E-state index in [0.717, 1.165) is 13.1 Å². The van der Waals surface area contributed by atoms with Crippen molar-refractivity contribution in [2.45, 2.75) is 13.8 Å². The van der Waals surface area contributed by atoms with Crippen LogP contribution in [0.3, 0.4) is 0 Å². The molecule has 0 rings (SSSR count). The molecule has 0 aromatic heterocycles. The molecule has 3 nitrogen and oxygen atoms in total. The minimum absolute atomic E-state index is 1.09. The zero-order valence-corrected chi connectivity index (χ0v) is 6.23. The molecule has 0 unspecified atom stereocenters. The molecule has 52 valence electrons. The molecule has 0 aromatic rings. The maximum atomic E-state index is 8.40. The summed E-state index contributed by atoms with van der Waals surface area (Å²) in [5.74, 6) is 0. The largest absolute Gasteiger partial charge is 0.317 e. The number of nitrogens with one attached hydrogen (secondary N) is 1. The summed E-state index contributed by atoms with van der Waals surface area (Å²) < 4.78 is 16.8. The average Bonchev–Trinajstić information content (AvgIpc) is 1.71. The lowest BCUT2D eigenvalue weighted by atomic mass is 10.7. The Hall–Kier alpha value is -0.0900. The van der Waals surface area contributed by atoms with Crippen LogP contribution in [0.25, 0.3) is 0 Å². The quantitative estimate of drug-likeness (QED) is 0.556. The van der Waals surface area contributed by atoms with Gasteiger partial charge in [0.1, 0.15) is 11.6 Å². The van der Waals surface area contributed by atoms with Crippen LogP contribution in [0.2, 0.25) is 0 Å². The molecule has 0 aliphatic rings. The van der Waals surface area contributed by atoms with E-state index in [0.29, 0.717) is 0 Å². The Morgan fingerprint density at radius 3 is 1.50 bits per heavy atom. The second-order valence-electron chi connectivity index (χ2n) is 1.04. The van der Waals surface area contributed by atoms with Crippen LogP contribution in [0, 0.1) is 0 Å². The van der Waals surface area contributed by atoms with Crippen molar-refractivity contribution >= 4 is 11.6 Å². The zero-order chi connectivity index (χ0) is 6.83. The normalized spacial score (nSPS) is 7.25. The van der Waals surface area contributed by atoms with Gasteiger partial charge in [-0.3, -0.25) is 0 Å². The third-order valence-electron chi connectivity index (χ3n) is 0.500. The van der Waals surface area contributed by atoms with E-state index in [9.17, 15) is 0 Å². The first-order chi connectivity index (χ1) is 3.83. The Labute approximate surface area is 53.1 Å². The van der Waals surface area contributed by atoms with Gasteiger partial charge in [0.05, 0.1) is 0 Å². The monoisotopic (exact) mass is 139 g/mol. The third-order valence-corrected chi connectivity index (χ3v) is 0.500. The fourth-order valence-corrected chi connectivity index (χ4v) is 0.250. The van der Waals surface area contributed by atoms with E-state index >= 15 is 0 Å². The van der Waals surface area contributed by atoms with Crippen molar-refractivity contribution in [2.24, 2.45) is 0 Å². The number of rotatable bonds is 2. The Morgan fingerprint density at radius 2 is 1.50 bits per heavy atom. The summed E-state index contributed by atoms with van der Waals surface area (Å²) in [6.45, 7) is 6.39. The Morgan fingerprint density at radius 1 is 1.25 bits per heavy atom. The second-order valence-corrected chi connectivity index (χ2v) is 1.21. The fourth-order valence-electron chi connectivity index (χ4n) is 0.250. The van der Waals surface area contributed by atoms with Crippen molar-refractivity contribution in [2.75, 3.05) is 13.1 Å². The molecular weight excluding hydrogens is 126 g/mol. The zero-order valence-electron chi connectivity index (χ0n) is 5.23. The minimum Gasteiger partial charge on any atom is -0.317 e. The van der Waals surface area contributed by atoms with Gasteiger partial charge in [-0.25, -0.2) is 8.42 Å². The molecule has 0 amide bonds. The van der Waals surface area contributed by atoms with Crippen LogP contribution >= 0.6 is 0 Å². The lowest BCUT2D eigenvalue weighted by Crippen LogP contribution is -2.09. The molecule has 1 N–H and O–H groups in total. The molecule has 4 heteroatoms. The first kappa shape index (κ1) is 10.8. The molecular formula is C4H13NO2S. The third kappa shape index (κ3) is 39.1. The van der Waals surface area contributed by atoms with E-state index < -0.39 is 11.6 Å². The van der Waals surface area contributed by atoms with Crippen molar-refractivity contribution in [1.29, 1.82) is 0 Å². The van der Waals surface area contributed by atoms with Gasteiger partial charge in [0.25, 0.3) is 0 Å². The molecule has 0 saturated heterocycles. The molecule has 0 heterocycles. The molecule has 0 spiro atoms. The molecule has 0 aromatic carbocycles. The molecule has 0 saturated carbocycles. The van der Waals surface area contributed by atoms with Gasteiger partial charge in [0, 0.05) is 0 Å². The maximum Gasteiger partial charge on any atom is 0.129 e. The standard InChI is InChI=1S/C4H11N.H2O2S/c1-3-5-4-2;1-3-2/h5H,3-4H2,1-2H3;3H2. The second kappa shape index (κ2) is 15.8. The van der Waals surface area contributed by atoms with Crippen LogP contribution in [0.15, 0.2) is 0 Å². The Kier molecular flexibility index (Phi) is 21.3. The van der Waals surface area contributed by atoms with Crippen molar-refractivity contribution in [1.82, 2.24) is 5.32 Å². The van der Waals surface area contributed by atoms with Gasteiger partial charge in [-0.15, -0.1) is 0 Å².